The van der Waals surface area contributed by atoms with E-state index in [-0.39, 0.29) is 29.9 Å². The number of aliphatic hydroxyl groups is 1. The van der Waals surface area contributed by atoms with Gasteiger partial charge in [0.1, 0.15) is 0 Å². The lowest BCUT2D eigenvalue weighted by Crippen LogP contribution is -2.44. The number of benzene rings is 1. The first-order valence-electron chi connectivity index (χ1n) is 7.39. The van der Waals surface area contributed by atoms with Crippen LogP contribution < -0.4 is 4.72 Å². The van der Waals surface area contributed by atoms with Crippen LogP contribution in [0.1, 0.15) is 12.0 Å². The van der Waals surface area contributed by atoms with Crippen LogP contribution in [-0.4, -0.2) is 63.8 Å². The summed E-state index contributed by atoms with van der Waals surface area (Å²) in [7, 11) is -0.423. The molecule has 7 nitrogen and oxygen atoms in total. The Labute approximate surface area is 136 Å². The highest BCUT2D eigenvalue weighted by atomic mass is 32.2. The largest absolute Gasteiger partial charge is 0.388 e. The number of nitrogens with zero attached hydrogens (tertiary/aromatic N) is 1. The average molecular weight is 342 g/mol. The summed E-state index contributed by atoms with van der Waals surface area (Å²) in [6.45, 7) is 0.601. The Morgan fingerprint density at radius 1 is 1.35 bits per heavy atom. The zero-order chi connectivity index (χ0) is 17.0. The smallest absolute Gasteiger partial charge is 0.240 e. The number of sulfonamides is 1. The van der Waals surface area contributed by atoms with Crippen LogP contribution in [0.5, 0.6) is 0 Å². The first-order chi connectivity index (χ1) is 10.8. The van der Waals surface area contributed by atoms with E-state index >= 15 is 0 Å². The molecule has 1 saturated heterocycles. The molecule has 0 aliphatic carbocycles. The predicted octanol–water partition coefficient (Wildman–Crippen LogP) is -0.255. The second-order valence-electron chi connectivity index (χ2n) is 5.53. The summed E-state index contributed by atoms with van der Waals surface area (Å²) in [5.74, 6) is -0.0773. The van der Waals surface area contributed by atoms with Crippen LogP contribution in [0.4, 0.5) is 0 Å². The molecule has 2 N–H and O–H groups in total. The summed E-state index contributed by atoms with van der Waals surface area (Å²) in [6.07, 6.45) is 0.153. The Morgan fingerprint density at radius 2 is 2.00 bits per heavy atom. The van der Waals surface area contributed by atoms with E-state index in [1.807, 2.05) is 0 Å². The molecular formula is C15H22N2O5S. The van der Waals surface area contributed by atoms with E-state index in [0.29, 0.717) is 13.0 Å². The van der Waals surface area contributed by atoms with Gasteiger partial charge in [-0.25, -0.2) is 13.1 Å². The number of likely N-dealkylation sites (N-methyl/N-ethyl adjacent to an activating group) is 1. The van der Waals surface area contributed by atoms with Gasteiger partial charge < -0.3 is 14.7 Å². The molecule has 1 aliphatic rings. The van der Waals surface area contributed by atoms with Crippen molar-refractivity contribution in [3.8, 4) is 0 Å². The van der Waals surface area contributed by atoms with Gasteiger partial charge in [-0.05, 0) is 31.2 Å². The molecule has 0 radical (unpaired) electrons. The van der Waals surface area contributed by atoms with Crippen molar-refractivity contribution in [1.82, 2.24) is 9.62 Å². The van der Waals surface area contributed by atoms with Crippen molar-refractivity contribution in [3.63, 3.8) is 0 Å². The van der Waals surface area contributed by atoms with Gasteiger partial charge in [0.05, 0.1) is 30.3 Å². The minimum absolute atomic E-state index is 0.0773. The van der Waals surface area contributed by atoms with E-state index in [1.54, 1.807) is 19.2 Å². The normalized spacial score (nSPS) is 21.3. The number of carbonyl (C=O) groups excluding carboxylic acids is 1. The average Bonchev–Trinajstić information content (AvgIpc) is 2.98. The van der Waals surface area contributed by atoms with E-state index in [0.717, 1.165) is 5.56 Å². The second-order valence-corrected chi connectivity index (χ2v) is 7.41. The summed E-state index contributed by atoms with van der Waals surface area (Å²) < 4.78 is 30.7. The molecule has 1 aromatic carbocycles. The van der Waals surface area contributed by atoms with Gasteiger partial charge in [0, 0.05) is 13.5 Å². The number of amides is 1. The number of hydrogen-bond donors (Lipinski definition) is 2. The molecule has 0 aromatic heterocycles. The zero-order valence-electron chi connectivity index (χ0n) is 13.2. The van der Waals surface area contributed by atoms with Crippen molar-refractivity contribution in [2.75, 3.05) is 27.3 Å². The number of aliphatic hydroxyl groups excluding tert-OH is 1. The van der Waals surface area contributed by atoms with Crippen molar-refractivity contribution >= 4 is 15.9 Å². The minimum Gasteiger partial charge on any atom is -0.388 e. The Balaban J connectivity index is 1.92. The van der Waals surface area contributed by atoms with Crippen molar-refractivity contribution in [3.05, 3.63) is 29.8 Å². The molecule has 1 fully saturated rings. The van der Waals surface area contributed by atoms with Crippen LogP contribution >= 0.6 is 0 Å². The fourth-order valence-electron chi connectivity index (χ4n) is 2.47. The summed E-state index contributed by atoms with van der Waals surface area (Å²) >= 11 is 0. The highest BCUT2D eigenvalue weighted by Crippen LogP contribution is 2.15. The molecule has 0 unspecified atom stereocenters. The van der Waals surface area contributed by atoms with Crippen molar-refractivity contribution in [2.24, 2.45) is 0 Å². The van der Waals surface area contributed by atoms with Crippen LogP contribution in [0, 0.1) is 0 Å². The van der Waals surface area contributed by atoms with Crippen LogP contribution in [-0.2, 0) is 26.0 Å². The third-order valence-corrected chi connectivity index (χ3v) is 5.47. The van der Waals surface area contributed by atoms with E-state index in [9.17, 15) is 18.3 Å². The third-order valence-electron chi connectivity index (χ3n) is 4.04. The van der Waals surface area contributed by atoms with Crippen LogP contribution in [0.15, 0.2) is 29.2 Å². The van der Waals surface area contributed by atoms with Gasteiger partial charge in [-0.15, -0.1) is 0 Å². The topological polar surface area (TPSA) is 95.9 Å². The van der Waals surface area contributed by atoms with Gasteiger partial charge in [0.2, 0.25) is 15.9 Å². The molecule has 1 amide bonds. The first kappa shape index (κ1) is 17.9. The number of ether oxygens (including phenoxy) is 1. The summed E-state index contributed by atoms with van der Waals surface area (Å²) in [6, 6.07) is 6.13. The predicted molar refractivity (Wildman–Crippen MR) is 84.4 cm³/mol. The Kier molecular flexibility index (Phi) is 5.74. The highest BCUT2D eigenvalue weighted by molar-refractivity contribution is 7.89. The number of carbonyl (C=O) groups is 1. The van der Waals surface area contributed by atoms with Crippen LogP contribution in [0.3, 0.4) is 0 Å². The second kappa shape index (κ2) is 7.39. The van der Waals surface area contributed by atoms with Crippen LogP contribution in [0.2, 0.25) is 0 Å². The molecule has 1 heterocycles. The molecule has 8 heteroatoms. The summed E-state index contributed by atoms with van der Waals surface area (Å²) in [5.41, 5.74) is 0.880. The number of rotatable bonds is 6. The van der Waals surface area contributed by atoms with E-state index in [2.05, 4.69) is 4.72 Å². The molecule has 23 heavy (non-hydrogen) atoms. The standard InChI is InChI=1S/C15H22N2O5S/c1-16-23(20,21)12-6-3-11(4-7-12)5-8-15(19)17(2)13-9-22-10-14(13)18/h3-4,6-7,13-14,16,18H,5,8-10H2,1-2H3/t13-,14-/m1/s1. The molecule has 0 saturated carbocycles. The lowest BCUT2D eigenvalue weighted by atomic mass is 10.1. The highest BCUT2D eigenvalue weighted by Gasteiger charge is 2.31. The van der Waals surface area contributed by atoms with E-state index in [4.69, 9.17) is 4.74 Å². The molecule has 2 atom stereocenters. The summed E-state index contributed by atoms with van der Waals surface area (Å²) in [4.78, 5) is 13.9. The Bertz CT molecular complexity index is 644. The lowest BCUT2D eigenvalue weighted by Gasteiger charge is -2.25. The van der Waals surface area contributed by atoms with Gasteiger partial charge in [-0.2, -0.15) is 0 Å². The van der Waals surface area contributed by atoms with Crippen LogP contribution in [0.25, 0.3) is 0 Å². The van der Waals surface area contributed by atoms with Gasteiger partial charge in [-0.3, -0.25) is 4.79 Å². The SMILES string of the molecule is CNS(=O)(=O)c1ccc(CCC(=O)N(C)[C@@H]2COC[C@H]2O)cc1. The Hall–Kier alpha value is -1.48. The number of hydrogen-bond acceptors (Lipinski definition) is 5. The number of aryl methyl sites for hydroxylation is 1. The maximum absolute atomic E-state index is 12.2. The van der Waals surface area contributed by atoms with E-state index < -0.39 is 16.1 Å². The Morgan fingerprint density at radius 3 is 2.52 bits per heavy atom. The molecule has 0 bridgehead atoms. The molecule has 1 aromatic rings. The molecular weight excluding hydrogens is 320 g/mol. The monoisotopic (exact) mass is 342 g/mol. The van der Waals surface area contributed by atoms with Gasteiger partial charge >= 0.3 is 0 Å². The van der Waals surface area contributed by atoms with Crippen molar-refractivity contribution in [2.45, 2.75) is 29.9 Å². The van der Waals surface area contributed by atoms with Crippen molar-refractivity contribution < 1.29 is 23.1 Å². The molecule has 128 valence electrons. The fourth-order valence-corrected chi connectivity index (χ4v) is 3.20. The van der Waals surface area contributed by atoms with E-state index in [1.165, 1.54) is 24.1 Å². The maximum Gasteiger partial charge on any atom is 0.240 e. The first-order valence-corrected chi connectivity index (χ1v) is 8.87. The molecule has 2 rings (SSSR count). The fraction of sp³-hybridized carbons (Fsp3) is 0.533. The maximum atomic E-state index is 12.2. The minimum atomic E-state index is -3.44. The van der Waals surface area contributed by atoms with Gasteiger partial charge in [0.25, 0.3) is 0 Å². The van der Waals surface area contributed by atoms with Gasteiger partial charge in [0.15, 0.2) is 0 Å². The summed E-state index contributed by atoms with van der Waals surface area (Å²) in [5, 5.41) is 9.74. The zero-order valence-corrected chi connectivity index (χ0v) is 14.0. The van der Waals surface area contributed by atoms with Gasteiger partial charge in [-0.1, -0.05) is 12.1 Å². The molecule has 0 spiro atoms. The third kappa shape index (κ3) is 4.29. The quantitative estimate of drug-likeness (QED) is 0.743. The number of nitrogens with one attached hydrogen (secondary N) is 1. The molecule has 1 aliphatic heterocycles. The lowest BCUT2D eigenvalue weighted by molar-refractivity contribution is -0.133. The van der Waals surface area contributed by atoms with Crippen molar-refractivity contribution in [1.29, 1.82) is 0 Å².